The molecule has 3 aliphatic heterocycles. The predicted molar refractivity (Wildman–Crippen MR) is 190 cm³/mol. The number of hydrogen-bond acceptors (Lipinski definition) is 15. The van der Waals surface area contributed by atoms with Crippen molar-refractivity contribution in [3.05, 3.63) is 0 Å². The molecule has 0 aromatic heterocycles. The topological polar surface area (TPSA) is 209 Å². The third kappa shape index (κ3) is 9.47. The zero-order chi connectivity index (χ0) is 39.7. The van der Waals surface area contributed by atoms with Gasteiger partial charge in [0.25, 0.3) is 0 Å². The molecule has 0 saturated carbocycles. The molecular weight excluding hydrogens is 680 g/mol. The van der Waals surface area contributed by atoms with E-state index in [2.05, 4.69) is 5.16 Å². The van der Waals surface area contributed by atoms with Gasteiger partial charge in [0.2, 0.25) is 0 Å². The molecule has 3 saturated heterocycles. The molecule has 15 heteroatoms. The summed E-state index contributed by atoms with van der Waals surface area (Å²) in [6.45, 7) is 16.6. The summed E-state index contributed by atoms with van der Waals surface area (Å²) in [5.74, 6) is -4.24. The maximum absolute atomic E-state index is 14.1. The molecule has 0 aliphatic carbocycles. The van der Waals surface area contributed by atoms with Crippen molar-refractivity contribution in [2.45, 2.75) is 179 Å². The molecule has 0 spiro atoms. The average Bonchev–Trinajstić information content (AvgIpc) is 3.06. The van der Waals surface area contributed by atoms with Gasteiger partial charge >= 0.3 is 5.97 Å². The molecule has 0 bridgehead atoms. The van der Waals surface area contributed by atoms with Gasteiger partial charge < -0.3 is 64.1 Å². The van der Waals surface area contributed by atoms with E-state index in [9.17, 15) is 35.5 Å². The minimum absolute atomic E-state index is 0.0657. The second-order valence-corrected chi connectivity index (χ2v) is 16.6. The molecule has 0 aromatic carbocycles. The molecule has 18 atom stereocenters. The molecule has 3 heterocycles. The van der Waals surface area contributed by atoms with Crippen LogP contribution in [0.4, 0.5) is 0 Å². The van der Waals surface area contributed by atoms with Crippen LogP contribution in [-0.2, 0) is 33.2 Å². The Labute approximate surface area is 309 Å². The van der Waals surface area contributed by atoms with E-state index in [1.165, 1.54) is 14.0 Å². The lowest BCUT2D eigenvalue weighted by Crippen LogP contribution is -2.61. The number of cyclic esters (lactones) is 1. The van der Waals surface area contributed by atoms with Crippen molar-refractivity contribution in [2.75, 3.05) is 21.2 Å². The maximum atomic E-state index is 14.1. The first-order valence-electron chi connectivity index (χ1n) is 18.7. The predicted octanol–water partition coefficient (Wildman–Crippen LogP) is 2.05. The molecule has 0 aromatic rings. The van der Waals surface area contributed by atoms with E-state index in [1.54, 1.807) is 55.4 Å². The van der Waals surface area contributed by atoms with Crippen LogP contribution < -0.4 is 0 Å². The van der Waals surface area contributed by atoms with Crippen LogP contribution in [0.15, 0.2) is 5.16 Å². The van der Waals surface area contributed by atoms with Gasteiger partial charge in [0.15, 0.2) is 12.6 Å². The van der Waals surface area contributed by atoms with Gasteiger partial charge in [0.1, 0.15) is 23.9 Å². The van der Waals surface area contributed by atoms with Crippen LogP contribution in [0.2, 0.25) is 0 Å². The summed E-state index contributed by atoms with van der Waals surface area (Å²) in [6, 6.07) is -0.322. The normalized spacial score (nSPS) is 49.8. The van der Waals surface area contributed by atoms with Crippen LogP contribution in [0.25, 0.3) is 0 Å². The van der Waals surface area contributed by atoms with Crippen molar-refractivity contribution in [1.29, 1.82) is 0 Å². The zero-order valence-corrected chi connectivity index (χ0v) is 33.4. The summed E-state index contributed by atoms with van der Waals surface area (Å²) in [5, 5.41) is 71.8. The summed E-state index contributed by atoms with van der Waals surface area (Å²) in [7, 11) is 5.19. The number of hydrogen-bond donors (Lipinski definition) is 6. The number of esters is 1. The number of methoxy groups -OCH3 is 1. The van der Waals surface area contributed by atoms with E-state index in [-0.39, 0.29) is 37.1 Å². The molecule has 1 unspecified atom stereocenters. The molecule has 0 amide bonds. The van der Waals surface area contributed by atoms with Gasteiger partial charge in [-0.3, -0.25) is 4.79 Å². The number of carbonyl (C=O) groups excluding carboxylic acids is 1. The highest BCUT2D eigenvalue weighted by Gasteiger charge is 2.53. The lowest BCUT2D eigenvalue weighted by atomic mass is 9.73. The third-order valence-corrected chi connectivity index (χ3v) is 12.0. The molecule has 0 radical (unpaired) electrons. The number of likely N-dealkylation sites (N-methyl/N-ethyl adjacent to an activating group) is 1. The Kier molecular flexibility index (Phi) is 15.1. The van der Waals surface area contributed by atoms with Gasteiger partial charge in [-0.2, -0.15) is 0 Å². The summed E-state index contributed by atoms with van der Waals surface area (Å²) < 4.78 is 37.2. The monoisotopic (exact) mass is 748 g/mol. The smallest absolute Gasteiger partial charge is 0.311 e. The molecule has 15 nitrogen and oxygen atoms in total. The van der Waals surface area contributed by atoms with Gasteiger partial charge in [-0.05, 0) is 74.9 Å². The Morgan fingerprint density at radius 3 is 2.08 bits per heavy atom. The van der Waals surface area contributed by atoms with Gasteiger partial charge in [0.05, 0.1) is 53.4 Å². The molecule has 6 N–H and O–H groups in total. The highest BCUT2D eigenvalue weighted by Crippen LogP contribution is 2.41. The second kappa shape index (κ2) is 17.5. The molecule has 3 fully saturated rings. The van der Waals surface area contributed by atoms with Gasteiger partial charge in [0, 0.05) is 37.3 Å². The van der Waals surface area contributed by atoms with E-state index in [4.69, 9.17) is 28.4 Å². The van der Waals surface area contributed by atoms with Crippen molar-refractivity contribution in [3.8, 4) is 0 Å². The lowest BCUT2D eigenvalue weighted by Gasteiger charge is -2.49. The quantitative estimate of drug-likeness (QED) is 0.125. The van der Waals surface area contributed by atoms with Crippen LogP contribution >= 0.6 is 0 Å². The second-order valence-electron chi connectivity index (χ2n) is 16.6. The standard InChI is InChI=1S/C37H68N2O13/c1-14-25-37(10,45)30(41)20(4)27(38-46)18(2)16-35(8,44)32(52-34-28(40)24(39(11)12)15-19(3)48-34)21(5)29(22(6)33(43)50-25)51-26-17-36(9,47-13)31(42)23(7)49-26/h18-26,28-32,34,40-42,44-46H,14-17H2,1-13H3/b38-27+/t18-,19-,20+,21+,22-,23+,24+,25-,26+,28-,29+,30-,31+,32-,34+,35?,36-,37-/m1/s1. The minimum atomic E-state index is -1.97. The fraction of sp³-hybridized carbons (Fsp3) is 0.946. The van der Waals surface area contributed by atoms with Gasteiger partial charge in [-0.25, -0.2) is 0 Å². The molecule has 3 aliphatic rings. The van der Waals surface area contributed by atoms with Crippen molar-refractivity contribution in [1.82, 2.24) is 4.90 Å². The maximum Gasteiger partial charge on any atom is 0.311 e. The van der Waals surface area contributed by atoms with Gasteiger partial charge in [-0.1, -0.05) is 32.9 Å². The minimum Gasteiger partial charge on any atom is -0.459 e. The Bertz CT molecular complexity index is 1200. The third-order valence-electron chi connectivity index (χ3n) is 12.0. The van der Waals surface area contributed by atoms with Crippen LogP contribution in [-0.4, -0.2) is 153 Å². The van der Waals surface area contributed by atoms with E-state index >= 15 is 0 Å². The summed E-state index contributed by atoms with van der Waals surface area (Å²) in [6.07, 6.45) is -9.51. The van der Waals surface area contributed by atoms with E-state index < -0.39 is 102 Å². The first-order chi connectivity index (χ1) is 24.0. The first kappa shape index (κ1) is 44.9. The lowest BCUT2D eigenvalue weighted by molar-refractivity contribution is -0.317. The van der Waals surface area contributed by atoms with Crippen LogP contribution in [0.5, 0.6) is 0 Å². The van der Waals surface area contributed by atoms with Gasteiger partial charge in [-0.15, -0.1) is 0 Å². The van der Waals surface area contributed by atoms with Crippen molar-refractivity contribution in [3.63, 3.8) is 0 Å². The summed E-state index contributed by atoms with van der Waals surface area (Å²) in [5.41, 5.74) is -4.68. The average molecular weight is 749 g/mol. The number of oxime groups is 1. The van der Waals surface area contributed by atoms with Crippen LogP contribution in [0, 0.1) is 23.7 Å². The Balaban J connectivity index is 2.21. The molecule has 52 heavy (non-hydrogen) atoms. The number of aliphatic hydroxyl groups excluding tert-OH is 3. The fourth-order valence-corrected chi connectivity index (χ4v) is 8.61. The Hall–Kier alpha value is -1.50. The molecule has 3 rings (SSSR count). The first-order valence-corrected chi connectivity index (χ1v) is 18.7. The number of carbonyl (C=O) groups is 1. The summed E-state index contributed by atoms with van der Waals surface area (Å²) >= 11 is 0. The number of nitrogens with zero attached hydrogens (tertiary/aromatic N) is 2. The largest absolute Gasteiger partial charge is 0.459 e. The van der Waals surface area contributed by atoms with E-state index in [1.807, 2.05) is 25.9 Å². The Morgan fingerprint density at radius 2 is 1.54 bits per heavy atom. The molecular formula is C37H68N2O13. The highest BCUT2D eigenvalue weighted by atomic mass is 16.7. The van der Waals surface area contributed by atoms with Crippen LogP contribution in [0.3, 0.4) is 0 Å². The van der Waals surface area contributed by atoms with Crippen molar-refractivity contribution < 1.29 is 64.0 Å². The number of aliphatic hydroxyl groups is 5. The van der Waals surface area contributed by atoms with Crippen LogP contribution in [0.1, 0.15) is 94.9 Å². The van der Waals surface area contributed by atoms with E-state index in [0.29, 0.717) is 6.42 Å². The highest BCUT2D eigenvalue weighted by molar-refractivity contribution is 5.88. The van der Waals surface area contributed by atoms with E-state index in [0.717, 1.165) is 0 Å². The summed E-state index contributed by atoms with van der Waals surface area (Å²) in [4.78, 5) is 16.0. The SMILES string of the molecule is CC[C@H]1OC(=O)[C@H](C)[C@@H](O[C@H]2C[C@@](C)(OC)[C@@H](O)[C@H](C)O2)[C@H](C)[C@@H](O[C@@H]2O[C@H](C)C[C@H](N(C)C)[C@H]2O)C(C)(O)C[C@@H](C)/C(=N\O)[C@H](C)[C@@H](O)[C@]1(C)O. The van der Waals surface area contributed by atoms with Crippen molar-refractivity contribution >= 4 is 11.7 Å². The van der Waals surface area contributed by atoms with Crippen molar-refractivity contribution in [2.24, 2.45) is 28.8 Å². The molecule has 304 valence electrons. The number of rotatable bonds is 7. The number of ether oxygens (including phenoxy) is 6. The fourth-order valence-electron chi connectivity index (χ4n) is 8.61. The zero-order valence-electron chi connectivity index (χ0n) is 33.4. The Morgan fingerprint density at radius 1 is 0.923 bits per heavy atom.